The van der Waals surface area contributed by atoms with E-state index < -0.39 is 11.6 Å². The molecule has 0 amide bonds. The first-order valence-electron chi connectivity index (χ1n) is 13.4. The van der Waals surface area contributed by atoms with Gasteiger partial charge in [0, 0.05) is 35.7 Å². The minimum absolute atomic E-state index is 0.0695. The lowest BCUT2D eigenvalue weighted by atomic mass is 9.96. The smallest absolute Gasteiger partial charge is 0.319 e. The summed E-state index contributed by atoms with van der Waals surface area (Å²) in [5.41, 5.74) is 0.888. The molecule has 6 rings (SSSR count). The molecule has 1 aliphatic carbocycles. The third kappa shape index (κ3) is 4.22. The van der Waals surface area contributed by atoms with Crippen LogP contribution in [0.2, 0.25) is 0 Å². The van der Waals surface area contributed by atoms with Crippen LogP contribution in [0.25, 0.3) is 32.9 Å². The molecular weight excluding hydrogens is 482 g/mol. The first-order chi connectivity index (χ1) is 18.4. The number of terminal acetylenes is 1. The van der Waals surface area contributed by atoms with Crippen LogP contribution < -0.4 is 9.64 Å². The lowest BCUT2D eigenvalue weighted by Crippen LogP contribution is -2.35. The monoisotopic (exact) mass is 512 g/mol. The number of anilines is 1. The Morgan fingerprint density at radius 1 is 1.18 bits per heavy atom. The van der Waals surface area contributed by atoms with E-state index in [1.54, 1.807) is 24.4 Å². The molecule has 4 aromatic rings. The van der Waals surface area contributed by atoms with Crippen LogP contribution in [0.15, 0.2) is 36.5 Å². The zero-order chi connectivity index (χ0) is 26.4. The Morgan fingerprint density at radius 3 is 2.76 bits per heavy atom. The van der Waals surface area contributed by atoms with Crippen molar-refractivity contribution in [3.05, 3.63) is 53.7 Å². The summed E-state index contributed by atoms with van der Waals surface area (Å²) in [7, 11) is 0. The number of fused-ring (bicyclic) bond motifs is 2. The first-order valence-corrected chi connectivity index (χ1v) is 13.4. The second kappa shape index (κ2) is 9.50. The molecular formula is C31H30F2N4O. The molecule has 1 unspecified atom stereocenters. The van der Waals surface area contributed by atoms with Crippen LogP contribution >= 0.6 is 0 Å². The summed E-state index contributed by atoms with van der Waals surface area (Å²) in [6.07, 6.45) is 12.7. The van der Waals surface area contributed by atoms with Gasteiger partial charge in [-0.3, -0.25) is 4.98 Å². The summed E-state index contributed by atoms with van der Waals surface area (Å²) in [5.74, 6) is 2.45. The highest BCUT2D eigenvalue weighted by atomic mass is 19.1. The van der Waals surface area contributed by atoms with Gasteiger partial charge in [0.1, 0.15) is 22.8 Å². The molecule has 1 atom stereocenters. The van der Waals surface area contributed by atoms with Crippen LogP contribution in [0.1, 0.15) is 51.5 Å². The van der Waals surface area contributed by atoms with Crippen LogP contribution in [0.5, 0.6) is 6.01 Å². The fourth-order valence-electron chi connectivity index (χ4n) is 5.58. The molecule has 2 aliphatic rings. The van der Waals surface area contributed by atoms with E-state index in [1.807, 2.05) is 6.07 Å². The molecule has 1 saturated heterocycles. The highest BCUT2D eigenvalue weighted by Crippen LogP contribution is 2.48. The largest absolute Gasteiger partial charge is 0.463 e. The molecule has 0 N–H and O–H groups in total. The van der Waals surface area contributed by atoms with Crippen molar-refractivity contribution in [3.8, 4) is 29.6 Å². The van der Waals surface area contributed by atoms with Gasteiger partial charge in [0.05, 0.1) is 17.6 Å². The predicted molar refractivity (Wildman–Crippen MR) is 146 cm³/mol. The number of rotatable bonds is 6. The number of hydrogen-bond acceptors (Lipinski definition) is 5. The van der Waals surface area contributed by atoms with Crippen molar-refractivity contribution in [2.45, 2.75) is 46.0 Å². The molecule has 0 radical (unpaired) electrons. The Hall–Kier alpha value is -3.79. The van der Waals surface area contributed by atoms with Gasteiger partial charge in [-0.05, 0) is 49.5 Å². The van der Waals surface area contributed by atoms with Crippen molar-refractivity contribution < 1.29 is 13.5 Å². The van der Waals surface area contributed by atoms with Crippen molar-refractivity contribution in [2.75, 3.05) is 24.6 Å². The minimum atomic E-state index is -0.600. The maximum Gasteiger partial charge on any atom is 0.319 e. The highest BCUT2D eigenvalue weighted by molar-refractivity contribution is 6.02. The molecule has 194 valence electrons. The number of halogens is 2. The molecule has 3 heterocycles. The lowest BCUT2D eigenvalue weighted by Gasteiger charge is -2.32. The number of ether oxygens (including phenoxy) is 1. The van der Waals surface area contributed by atoms with Gasteiger partial charge < -0.3 is 9.64 Å². The second-order valence-electron chi connectivity index (χ2n) is 10.8. The van der Waals surface area contributed by atoms with E-state index >= 15 is 4.39 Å². The Morgan fingerprint density at radius 2 is 2.03 bits per heavy atom. The molecule has 0 spiro atoms. The summed E-state index contributed by atoms with van der Waals surface area (Å²) >= 11 is 0. The van der Waals surface area contributed by atoms with Gasteiger partial charge in [-0.25, -0.2) is 8.78 Å². The van der Waals surface area contributed by atoms with Crippen molar-refractivity contribution in [1.29, 1.82) is 0 Å². The lowest BCUT2D eigenvalue weighted by molar-refractivity contribution is 0.214. The highest BCUT2D eigenvalue weighted by Gasteiger charge is 2.42. The van der Waals surface area contributed by atoms with Crippen LogP contribution in [-0.2, 0) is 0 Å². The van der Waals surface area contributed by atoms with Gasteiger partial charge in [-0.15, -0.1) is 6.42 Å². The number of aromatic nitrogens is 3. The number of benzene rings is 2. The van der Waals surface area contributed by atoms with Crippen LogP contribution in [0.3, 0.4) is 0 Å². The van der Waals surface area contributed by atoms with E-state index in [2.05, 4.69) is 34.6 Å². The molecule has 38 heavy (non-hydrogen) atoms. The fourth-order valence-corrected chi connectivity index (χ4v) is 5.58. The van der Waals surface area contributed by atoms with Crippen molar-refractivity contribution >= 4 is 27.5 Å². The van der Waals surface area contributed by atoms with Gasteiger partial charge in [0.15, 0.2) is 5.82 Å². The summed E-state index contributed by atoms with van der Waals surface area (Å²) in [6.45, 7) is 6.53. The summed E-state index contributed by atoms with van der Waals surface area (Å²) in [4.78, 5) is 16.0. The zero-order valence-electron chi connectivity index (χ0n) is 21.7. The maximum absolute atomic E-state index is 16.4. The van der Waals surface area contributed by atoms with Gasteiger partial charge in [0.2, 0.25) is 0 Å². The van der Waals surface area contributed by atoms with E-state index in [9.17, 15) is 4.39 Å². The Balaban J connectivity index is 1.53. The standard InChI is InChI=1S/C31H30F2N4O/c1-4-21-24(32)12-11-20-9-6-10-22(25(20)21)27-26(33)28-23(16-34-27)29(37-15-7-8-19(3)17-37)36-30(35-28)38-18-31(5-2)13-14-31/h1,6,9-12,16,19H,5,7-8,13-15,17-18H2,2-3H3. The number of hydrogen-bond donors (Lipinski definition) is 0. The average molecular weight is 513 g/mol. The van der Waals surface area contributed by atoms with Gasteiger partial charge >= 0.3 is 6.01 Å². The van der Waals surface area contributed by atoms with E-state index in [0.717, 1.165) is 45.2 Å². The molecule has 2 fully saturated rings. The molecule has 2 aromatic heterocycles. The van der Waals surface area contributed by atoms with Crippen LogP contribution in [0, 0.1) is 35.3 Å². The first kappa shape index (κ1) is 24.5. The predicted octanol–water partition coefficient (Wildman–Crippen LogP) is 6.91. The topological polar surface area (TPSA) is 51.1 Å². The third-order valence-electron chi connectivity index (χ3n) is 8.21. The van der Waals surface area contributed by atoms with Crippen LogP contribution in [-0.4, -0.2) is 34.6 Å². The summed E-state index contributed by atoms with van der Waals surface area (Å²) in [6, 6.07) is 8.47. The molecule has 2 aromatic carbocycles. The normalized spacial score (nSPS) is 18.5. The molecule has 1 aliphatic heterocycles. The molecule has 1 saturated carbocycles. The minimum Gasteiger partial charge on any atom is -0.463 e. The Bertz CT molecular complexity index is 1590. The SMILES string of the molecule is C#Cc1c(F)ccc2cccc(-c3ncc4c(N5CCCC(C)C5)nc(OCC5(CC)CC5)nc4c3F)c12. The maximum atomic E-state index is 16.4. The second-order valence-corrected chi connectivity index (χ2v) is 10.8. The van der Waals surface area contributed by atoms with Crippen molar-refractivity contribution in [2.24, 2.45) is 11.3 Å². The van der Waals surface area contributed by atoms with E-state index in [0.29, 0.717) is 40.1 Å². The van der Waals surface area contributed by atoms with Crippen LogP contribution in [0.4, 0.5) is 14.6 Å². The Kier molecular flexibility index (Phi) is 6.14. The van der Waals surface area contributed by atoms with E-state index in [-0.39, 0.29) is 28.2 Å². The third-order valence-corrected chi connectivity index (χ3v) is 8.21. The molecule has 7 heteroatoms. The zero-order valence-corrected chi connectivity index (χ0v) is 21.7. The number of nitrogens with zero attached hydrogens (tertiary/aromatic N) is 4. The van der Waals surface area contributed by atoms with Gasteiger partial charge in [0.25, 0.3) is 0 Å². The summed E-state index contributed by atoms with van der Waals surface area (Å²) < 4.78 is 37.1. The average Bonchev–Trinajstić information content (AvgIpc) is 3.72. The quantitative estimate of drug-likeness (QED) is 0.263. The van der Waals surface area contributed by atoms with Crippen molar-refractivity contribution in [3.63, 3.8) is 0 Å². The van der Waals surface area contributed by atoms with Gasteiger partial charge in [-0.2, -0.15) is 9.97 Å². The van der Waals surface area contributed by atoms with E-state index in [1.165, 1.54) is 6.07 Å². The van der Waals surface area contributed by atoms with Crippen molar-refractivity contribution in [1.82, 2.24) is 15.0 Å². The Labute approximate surface area is 221 Å². The molecule has 5 nitrogen and oxygen atoms in total. The fraction of sp³-hybridized carbons (Fsp3) is 0.387. The number of piperidine rings is 1. The van der Waals surface area contributed by atoms with E-state index in [4.69, 9.17) is 16.1 Å². The molecule has 0 bridgehead atoms. The number of pyridine rings is 1. The summed E-state index contributed by atoms with van der Waals surface area (Å²) in [5, 5.41) is 1.70. The van der Waals surface area contributed by atoms with Gasteiger partial charge in [-0.1, -0.05) is 44.0 Å².